The highest BCUT2D eigenvalue weighted by atomic mass is 35.5. The maximum absolute atomic E-state index is 12.4. The minimum absolute atomic E-state index is 0.359. The summed E-state index contributed by atoms with van der Waals surface area (Å²) in [5.74, 6) is 0.377. The standard InChI is InChI=1S/C16H12Cl2N2O2S/c1-20-13-4-3-12(22-2)8-14(13)23-16(20)19-15(21)9-5-10(17)7-11(18)6-9/h3-8H,1-2H3. The van der Waals surface area contributed by atoms with E-state index in [-0.39, 0.29) is 5.91 Å². The van der Waals surface area contributed by atoms with Crippen molar-refractivity contribution in [2.45, 2.75) is 0 Å². The smallest absolute Gasteiger partial charge is 0.279 e. The van der Waals surface area contributed by atoms with Crippen LogP contribution >= 0.6 is 34.5 Å². The highest BCUT2D eigenvalue weighted by Gasteiger charge is 2.09. The molecule has 3 rings (SSSR count). The van der Waals surface area contributed by atoms with Crippen LogP contribution in [0.3, 0.4) is 0 Å². The Morgan fingerprint density at radius 3 is 2.52 bits per heavy atom. The third-order valence-corrected chi connectivity index (χ3v) is 4.85. The van der Waals surface area contributed by atoms with E-state index in [1.54, 1.807) is 25.3 Å². The Hall–Kier alpha value is -1.82. The Kier molecular flexibility index (Phi) is 4.43. The molecule has 1 heterocycles. The second-order valence-electron chi connectivity index (χ2n) is 4.85. The lowest BCUT2D eigenvalue weighted by Gasteiger charge is -1.99. The number of thiazole rings is 1. The summed E-state index contributed by atoms with van der Waals surface area (Å²) >= 11 is 13.3. The van der Waals surface area contributed by atoms with Crippen molar-refractivity contribution in [2.24, 2.45) is 12.0 Å². The Balaban J connectivity index is 2.09. The minimum Gasteiger partial charge on any atom is -0.497 e. The molecule has 0 unspecified atom stereocenters. The zero-order valence-corrected chi connectivity index (χ0v) is 14.7. The molecule has 2 aromatic carbocycles. The summed E-state index contributed by atoms with van der Waals surface area (Å²) in [6, 6.07) is 10.4. The molecule has 0 saturated heterocycles. The van der Waals surface area contributed by atoms with Crippen molar-refractivity contribution in [3.8, 4) is 5.75 Å². The lowest BCUT2D eigenvalue weighted by Crippen LogP contribution is -2.13. The fourth-order valence-corrected chi connectivity index (χ4v) is 3.75. The normalized spacial score (nSPS) is 11.9. The Morgan fingerprint density at radius 1 is 1.17 bits per heavy atom. The maximum atomic E-state index is 12.4. The molecule has 7 heteroatoms. The van der Waals surface area contributed by atoms with Crippen LogP contribution in [0, 0.1) is 0 Å². The van der Waals surface area contributed by atoms with Crippen LogP contribution < -0.4 is 9.54 Å². The summed E-state index contributed by atoms with van der Waals surface area (Å²) in [6.07, 6.45) is 0. The Bertz CT molecular complexity index is 956. The van der Waals surface area contributed by atoms with E-state index in [1.807, 2.05) is 29.8 Å². The van der Waals surface area contributed by atoms with Gasteiger partial charge in [0.05, 0.1) is 17.3 Å². The number of nitrogens with zero attached hydrogens (tertiary/aromatic N) is 2. The molecule has 0 radical (unpaired) electrons. The number of fused-ring (bicyclic) bond motifs is 1. The number of carbonyl (C=O) groups excluding carboxylic acids is 1. The van der Waals surface area contributed by atoms with Crippen LogP contribution in [0.4, 0.5) is 0 Å². The van der Waals surface area contributed by atoms with Gasteiger partial charge in [0, 0.05) is 22.7 Å². The van der Waals surface area contributed by atoms with Gasteiger partial charge in [-0.25, -0.2) is 0 Å². The first-order chi connectivity index (χ1) is 11.0. The van der Waals surface area contributed by atoms with Gasteiger partial charge < -0.3 is 9.30 Å². The summed E-state index contributed by atoms with van der Waals surface area (Å²) in [5.41, 5.74) is 1.34. The molecule has 1 aromatic heterocycles. The number of aryl methyl sites for hydroxylation is 1. The Morgan fingerprint density at radius 2 is 1.87 bits per heavy atom. The number of hydrogen-bond donors (Lipinski definition) is 0. The molecule has 0 atom stereocenters. The van der Waals surface area contributed by atoms with Crippen molar-refractivity contribution in [2.75, 3.05) is 7.11 Å². The van der Waals surface area contributed by atoms with Crippen LogP contribution in [0.25, 0.3) is 10.2 Å². The van der Waals surface area contributed by atoms with Gasteiger partial charge in [0.1, 0.15) is 5.75 Å². The van der Waals surface area contributed by atoms with E-state index in [1.165, 1.54) is 11.3 Å². The predicted octanol–water partition coefficient (Wildman–Crippen LogP) is 4.30. The van der Waals surface area contributed by atoms with Gasteiger partial charge in [0.15, 0.2) is 4.80 Å². The van der Waals surface area contributed by atoms with Gasteiger partial charge in [0.25, 0.3) is 5.91 Å². The molecule has 23 heavy (non-hydrogen) atoms. The number of aromatic nitrogens is 1. The molecule has 0 saturated carbocycles. The van der Waals surface area contributed by atoms with E-state index in [0.29, 0.717) is 20.4 Å². The van der Waals surface area contributed by atoms with Gasteiger partial charge >= 0.3 is 0 Å². The number of amides is 1. The minimum atomic E-state index is -0.386. The fraction of sp³-hybridized carbons (Fsp3) is 0.125. The van der Waals surface area contributed by atoms with Crippen molar-refractivity contribution < 1.29 is 9.53 Å². The largest absolute Gasteiger partial charge is 0.497 e. The molecule has 3 aromatic rings. The quantitative estimate of drug-likeness (QED) is 0.678. The van der Waals surface area contributed by atoms with Crippen molar-refractivity contribution in [3.05, 3.63) is 56.8 Å². The second-order valence-corrected chi connectivity index (χ2v) is 6.73. The molecule has 1 amide bonds. The monoisotopic (exact) mass is 366 g/mol. The van der Waals surface area contributed by atoms with Gasteiger partial charge in [-0.1, -0.05) is 34.5 Å². The third-order valence-electron chi connectivity index (χ3n) is 3.32. The summed E-state index contributed by atoms with van der Waals surface area (Å²) in [5, 5.41) is 0.808. The highest BCUT2D eigenvalue weighted by Crippen LogP contribution is 2.23. The summed E-state index contributed by atoms with van der Waals surface area (Å²) in [6.45, 7) is 0. The molecule has 0 bridgehead atoms. The number of rotatable bonds is 2. The lowest BCUT2D eigenvalue weighted by atomic mass is 10.2. The highest BCUT2D eigenvalue weighted by molar-refractivity contribution is 7.16. The summed E-state index contributed by atoms with van der Waals surface area (Å²) in [7, 11) is 3.48. The third kappa shape index (κ3) is 3.27. The average Bonchev–Trinajstić information content (AvgIpc) is 2.82. The van der Waals surface area contributed by atoms with Gasteiger partial charge in [-0.2, -0.15) is 4.99 Å². The molecule has 118 valence electrons. The van der Waals surface area contributed by atoms with Gasteiger partial charge in [0.2, 0.25) is 0 Å². The summed E-state index contributed by atoms with van der Waals surface area (Å²) in [4.78, 5) is 17.1. The molecule has 0 spiro atoms. The van der Waals surface area contributed by atoms with Crippen molar-refractivity contribution in [1.82, 2.24) is 4.57 Å². The van der Waals surface area contributed by atoms with E-state index in [2.05, 4.69) is 4.99 Å². The van der Waals surface area contributed by atoms with Gasteiger partial charge in [-0.3, -0.25) is 4.79 Å². The number of methoxy groups -OCH3 is 1. The van der Waals surface area contributed by atoms with Crippen LogP contribution in [0.15, 0.2) is 41.4 Å². The molecule has 0 aliphatic rings. The SMILES string of the molecule is COc1ccc2c(c1)sc(=NC(=O)c1cc(Cl)cc(Cl)c1)n2C. The fourth-order valence-electron chi connectivity index (χ4n) is 2.18. The summed E-state index contributed by atoms with van der Waals surface area (Å²) < 4.78 is 8.07. The molecular weight excluding hydrogens is 355 g/mol. The number of carbonyl (C=O) groups is 1. The first-order valence-corrected chi connectivity index (χ1v) is 8.24. The molecular formula is C16H12Cl2N2O2S. The molecule has 4 nitrogen and oxygen atoms in total. The van der Waals surface area contributed by atoms with Crippen molar-refractivity contribution in [1.29, 1.82) is 0 Å². The predicted molar refractivity (Wildman–Crippen MR) is 93.7 cm³/mol. The van der Waals surface area contributed by atoms with E-state index >= 15 is 0 Å². The van der Waals surface area contributed by atoms with Crippen LogP contribution in [0.5, 0.6) is 5.75 Å². The van der Waals surface area contributed by atoms with Crippen molar-refractivity contribution in [3.63, 3.8) is 0 Å². The van der Waals surface area contributed by atoms with Gasteiger partial charge in [-0.05, 0) is 36.4 Å². The number of ether oxygens (including phenoxy) is 1. The van der Waals surface area contributed by atoms with Crippen LogP contribution in [-0.2, 0) is 7.05 Å². The zero-order chi connectivity index (χ0) is 16.6. The van der Waals surface area contributed by atoms with E-state index < -0.39 is 0 Å². The van der Waals surface area contributed by atoms with Crippen molar-refractivity contribution >= 4 is 50.7 Å². The number of benzene rings is 2. The van der Waals surface area contributed by atoms with E-state index in [0.717, 1.165) is 16.0 Å². The number of halogens is 2. The first kappa shape index (κ1) is 16.1. The van der Waals surface area contributed by atoms with Crippen LogP contribution in [-0.4, -0.2) is 17.6 Å². The Labute approximate surface area is 146 Å². The topological polar surface area (TPSA) is 43.6 Å². The molecule has 0 aliphatic heterocycles. The van der Waals surface area contributed by atoms with Crippen LogP contribution in [0.2, 0.25) is 10.0 Å². The molecule has 0 fully saturated rings. The maximum Gasteiger partial charge on any atom is 0.279 e. The van der Waals surface area contributed by atoms with Crippen LogP contribution in [0.1, 0.15) is 10.4 Å². The lowest BCUT2D eigenvalue weighted by molar-refractivity contribution is 0.0998. The second kappa shape index (κ2) is 6.35. The van der Waals surface area contributed by atoms with E-state index in [4.69, 9.17) is 27.9 Å². The van der Waals surface area contributed by atoms with E-state index in [9.17, 15) is 4.79 Å². The average molecular weight is 367 g/mol. The molecule has 0 N–H and O–H groups in total. The number of hydrogen-bond acceptors (Lipinski definition) is 3. The van der Waals surface area contributed by atoms with Gasteiger partial charge in [-0.15, -0.1) is 0 Å². The zero-order valence-electron chi connectivity index (χ0n) is 12.3. The first-order valence-electron chi connectivity index (χ1n) is 6.66. The molecule has 0 aliphatic carbocycles.